The van der Waals surface area contributed by atoms with Crippen molar-refractivity contribution in [2.24, 2.45) is 0 Å². The molecular weight excluding hydrogens is 425 g/mol. The highest BCUT2D eigenvalue weighted by atomic mass is 19.1. The summed E-state index contributed by atoms with van der Waals surface area (Å²) in [5.41, 5.74) is 5.31. The van der Waals surface area contributed by atoms with Gasteiger partial charge < -0.3 is 14.8 Å². The number of H-pyrrole nitrogens is 1. The third kappa shape index (κ3) is 4.62. The highest BCUT2D eigenvalue weighted by Crippen LogP contribution is 2.28. The first-order chi connectivity index (χ1) is 16.5. The second kappa shape index (κ2) is 9.43. The third-order valence-corrected chi connectivity index (χ3v) is 6.93. The van der Waals surface area contributed by atoms with Crippen molar-refractivity contribution in [1.29, 1.82) is 0 Å². The Kier molecular flexibility index (Phi) is 6.20. The fraction of sp³-hybridized carbons (Fsp3) is 0.276. The van der Waals surface area contributed by atoms with Crippen LogP contribution >= 0.6 is 0 Å². The fourth-order valence-electron chi connectivity index (χ4n) is 4.91. The van der Waals surface area contributed by atoms with Crippen LogP contribution in [-0.4, -0.2) is 46.9 Å². The fourth-order valence-corrected chi connectivity index (χ4v) is 4.91. The standard InChI is InChI=1S/C29H30FN3O/c1-20-4-3-5-24(16-20)29(34)33(26-11-14-32(2)15-12-26)19-25-18-21(6-8-27(25)30)22-7-9-28-23(17-22)10-13-31-28/h3-10,13,16-18,26,31H,11-12,14-15,19H2,1-2H3. The minimum atomic E-state index is -0.276. The molecule has 1 fully saturated rings. The molecule has 5 rings (SSSR count). The van der Waals surface area contributed by atoms with E-state index in [4.69, 9.17) is 0 Å². The molecule has 2 heterocycles. The Bertz CT molecular complexity index is 1320. The summed E-state index contributed by atoms with van der Waals surface area (Å²) >= 11 is 0. The molecule has 5 heteroatoms. The van der Waals surface area contributed by atoms with Crippen LogP contribution in [0.25, 0.3) is 22.0 Å². The summed E-state index contributed by atoms with van der Waals surface area (Å²) in [5, 5.41) is 1.12. The minimum absolute atomic E-state index is 0.0307. The van der Waals surface area contributed by atoms with Crippen LogP contribution in [0, 0.1) is 12.7 Å². The average molecular weight is 456 g/mol. The molecule has 3 aromatic carbocycles. The van der Waals surface area contributed by atoms with Crippen LogP contribution in [0.3, 0.4) is 0 Å². The summed E-state index contributed by atoms with van der Waals surface area (Å²) in [7, 11) is 2.10. The number of halogens is 1. The van der Waals surface area contributed by atoms with Gasteiger partial charge in [0.25, 0.3) is 5.91 Å². The molecule has 1 aliphatic rings. The molecule has 4 aromatic rings. The number of fused-ring (bicyclic) bond motifs is 1. The Morgan fingerprint density at radius 1 is 1.03 bits per heavy atom. The van der Waals surface area contributed by atoms with Crippen LogP contribution in [0.5, 0.6) is 0 Å². The number of likely N-dealkylation sites (tertiary alicyclic amines) is 1. The zero-order valence-corrected chi connectivity index (χ0v) is 19.7. The molecule has 34 heavy (non-hydrogen) atoms. The van der Waals surface area contributed by atoms with Crippen molar-refractivity contribution in [2.45, 2.75) is 32.4 Å². The first kappa shape index (κ1) is 22.4. The lowest BCUT2D eigenvalue weighted by atomic mass is 9.98. The van der Waals surface area contributed by atoms with E-state index in [2.05, 4.69) is 23.0 Å². The van der Waals surface area contributed by atoms with Gasteiger partial charge in [-0.05, 0) is 98.9 Å². The molecule has 0 saturated carbocycles. The molecule has 1 saturated heterocycles. The van der Waals surface area contributed by atoms with Gasteiger partial charge >= 0.3 is 0 Å². The van der Waals surface area contributed by atoms with Gasteiger partial charge in [-0.25, -0.2) is 4.39 Å². The average Bonchev–Trinajstić information content (AvgIpc) is 3.32. The van der Waals surface area contributed by atoms with E-state index in [-0.39, 0.29) is 24.3 Å². The van der Waals surface area contributed by atoms with Gasteiger partial charge in [-0.2, -0.15) is 0 Å². The zero-order chi connectivity index (χ0) is 23.7. The maximum atomic E-state index is 15.1. The summed E-state index contributed by atoms with van der Waals surface area (Å²) in [4.78, 5) is 21.0. The number of hydrogen-bond donors (Lipinski definition) is 1. The number of aromatic amines is 1. The molecule has 1 aromatic heterocycles. The Morgan fingerprint density at radius 3 is 2.59 bits per heavy atom. The monoisotopic (exact) mass is 455 g/mol. The van der Waals surface area contributed by atoms with Crippen LogP contribution < -0.4 is 0 Å². The van der Waals surface area contributed by atoms with Crippen LogP contribution in [0.15, 0.2) is 72.9 Å². The Hall–Kier alpha value is -3.44. The Labute approximate surface area is 200 Å². The third-order valence-electron chi connectivity index (χ3n) is 6.93. The number of nitrogens with zero attached hydrogens (tertiary/aromatic N) is 2. The smallest absolute Gasteiger partial charge is 0.254 e. The molecule has 4 nitrogen and oxygen atoms in total. The number of rotatable bonds is 5. The molecule has 1 aliphatic heterocycles. The molecule has 0 atom stereocenters. The predicted octanol–water partition coefficient (Wildman–Crippen LogP) is 6.02. The topological polar surface area (TPSA) is 39.3 Å². The van der Waals surface area contributed by atoms with Gasteiger partial charge in [0, 0.05) is 35.4 Å². The largest absolute Gasteiger partial charge is 0.361 e. The number of nitrogens with one attached hydrogen (secondary N) is 1. The van der Waals surface area contributed by atoms with Gasteiger partial charge in [0.15, 0.2) is 0 Å². The second-order valence-corrected chi connectivity index (χ2v) is 9.42. The zero-order valence-electron chi connectivity index (χ0n) is 19.7. The van der Waals surface area contributed by atoms with Gasteiger partial charge in [-0.3, -0.25) is 4.79 Å². The molecule has 0 aliphatic carbocycles. The minimum Gasteiger partial charge on any atom is -0.361 e. The summed E-state index contributed by atoms with van der Waals surface area (Å²) in [6, 6.07) is 21.2. The van der Waals surface area contributed by atoms with E-state index in [1.807, 2.05) is 72.6 Å². The molecule has 174 valence electrons. The molecule has 0 bridgehead atoms. The molecule has 0 unspecified atom stereocenters. The lowest BCUT2D eigenvalue weighted by molar-refractivity contribution is 0.0567. The van der Waals surface area contributed by atoms with E-state index in [0.29, 0.717) is 11.1 Å². The summed E-state index contributed by atoms with van der Waals surface area (Å²) in [5.74, 6) is -0.307. The Balaban J connectivity index is 1.48. The van der Waals surface area contributed by atoms with Crippen molar-refractivity contribution < 1.29 is 9.18 Å². The number of piperidine rings is 1. The normalized spacial score (nSPS) is 15.0. The van der Waals surface area contributed by atoms with Gasteiger partial charge in [-0.15, -0.1) is 0 Å². The van der Waals surface area contributed by atoms with Crippen LogP contribution in [-0.2, 0) is 6.54 Å². The highest BCUT2D eigenvalue weighted by molar-refractivity contribution is 5.94. The predicted molar refractivity (Wildman–Crippen MR) is 135 cm³/mol. The number of benzene rings is 3. The van der Waals surface area contributed by atoms with E-state index >= 15 is 4.39 Å². The van der Waals surface area contributed by atoms with E-state index in [1.165, 1.54) is 6.07 Å². The number of hydrogen-bond acceptors (Lipinski definition) is 2. The van der Waals surface area contributed by atoms with E-state index in [1.54, 1.807) is 0 Å². The quantitative estimate of drug-likeness (QED) is 0.400. The van der Waals surface area contributed by atoms with Gasteiger partial charge in [-0.1, -0.05) is 29.8 Å². The van der Waals surface area contributed by atoms with Crippen LogP contribution in [0.2, 0.25) is 0 Å². The van der Waals surface area contributed by atoms with E-state index < -0.39 is 0 Å². The molecule has 0 spiro atoms. The maximum Gasteiger partial charge on any atom is 0.254 e. The summed E-state index contributed by atoms with van der Waals surface area (Å²) in [6.07, 6.45) is 3.69. The SMILES string of the molecule is Cc1cccc(C(=O)N(Cc2cc(-c3ccc4[nH]ccc4c3)ccc2F)C2CCN(C)CC2)c1. The van der Waals surface area contributed by atoms with Crippen LogP contribution in [0.1, 0.15) is 34.3 Å². The van der Waals surface area contributed by atoms with Gasteiger partial charge in [0.05, 0.1) is 0 Å². The van der Waals surface area contributed by atoms with Gasteiger partial charge in [0.1, 0.15) is 5.82 Å². The lowest BCUT2D eigenvalue weighted by Crippen LogP contribution is -2.46. The van der Waals surface area contributed by atoms with Crippen molar-refractivity contribution in [3.8, 4) is 11.1 Å². The van der Waals surface area contributed by atoms with Crippen LogP contribution in [0.4, 0.5) is 4.39 Å². The van der Waals surface area contributed by atoms with Gasteiger partial charge in [0.2, 0.25) is 0 Å². The van der Waals surface area contributed by atoms with Crippen molar-refractivity contribution >= 4 is 16.8 Å². The first-order valence-corrected chi connectivity index (χ1v) is 11.9. The van der Waals surface area contributed by atoms with Crippen molar-refractivity contribution in [2.75, 3.05) is 20.1 Å². The summed E-state index contributed by atoms with van der Waals surface area (Å²) < 4.78 is 15.1. The molecular formula is C29H30FN3O. The molecule has 0 radical (unpaired) electrons. The lowest BCUT2D eigenvalue weighted by Gasteiger charge is -2.37. The maximum absolute atomic E-state index is 15.1. The summed E-state index contributed by atoms with van der Waals surface area (Å²) in [6.45, 7) is 4.11. The molecule has 1 amide bonds. The Morgan fingerprint density at radius 2 is 1.79 bits per heavy atom. The number of aromatic nitrogens is 1. The first-order valence-electron chi connectivity index (χ1n) is 11.9. The number of aryl methyl sites for hydroxylation is 1. The van der Waals surface area contributed by atoms with Crippen molar-refractivity contribution in [1.82, 2.24) is 14.8 Å². The second-order valence-electron chi connectivity index (χ2n) is 9.42. The van der Waals surface area contributed by atoms with E-state index in [0.717, 1.165) is 53.5 Å². The number of carbonyl (C=O) groups excluding carboxylic acids is 1. The van der Waals surface area contributed by atoms with E-state index in [9.17, 15) is 4.79 Å². The molecule has 1 N–H and O–H groups in total. The number of carbonyl (C=O) groups is 1. The van der Waals surface area contributed by atoms with Crippen molar-refractivity contribution in [3.63, 3.8) is 0 Å². The highest BCUT2D eigenvalue weighted by Gasteiger charge is 2.28. The van der Waals surface area contributed by atoms with Crippen molar-refractivity contribution in [3.05, 3.63) is 95.4 Å². The number of amides is 1.